The second-order valence-electron chi connectivity index (χ2n) is 4.52. The third kappa shape index (κ3) is 3.86. The largest absolute Gasteiger partial charge is 0.494 e. The van der Waals surface area contributed by atoms with Crippen LogP contribution in [0.5, 0.6) is 5.75 Å². The van der Waals surface area contributed by atoms with Gasteiger partial charge in [0.05, 0.1) is 17.3 Å². The van der Waals surface area contributed by atoms with Crippen LogP contribution in [0.1, 0.15) is 13.3 Å². The number of hydrogen-bond donors (Lipinski definition) is 2. The summed E-state index contributed by atoms with van der Waals surface area (Å²) in [7, 11) is 1.66. The topological polar surface area (TPSA) is 47.3 Å². The molecular formula is C16H19BrN2OS. The number of nitrogen functional groups attached to an aromatic ring is 1. The number of anilines is 2. The van der Waals surface area contributed by atoms with Crippen molar-refractivity contribution >= 4 is 39.1 Å². The highest BCUT2D eigenvalue weighted by Gasteiger charge is 2.15. The van der Waals surface area contributed by atoms with E-state index >= 15 is 0 Å². The molecule has 5 heteroatoms. The van der Waals surface area contributed by atoms with Crippen LogP contribution in [0, 0.1) is 0 Å². The van der Waals surface area contributed by atoms with Crippen molar-refractivity contribution < 1.29 is 4.74 Å². The minimum absolute atomic E-state index is 0.682. The van der Waals surface area contributed by atoms with E-state index in [-0.39, 0.29) is 0 Å². The van der Waals surface area contributed by atoms with E-state index in [4.69, 9.17) is 10.5 Å². The summed E-state index contributed by atoms with van der Waals surface area (Å²) in [6, 6.07) is 12.2. The van der Waals surface area contributed by atoms with Crippen LogP contribution in [-0.2, 0) is 0 Å². The predicted molar refractivity (Wildman–Crippen MR) is 94.5 cm³/mol. The SMILES string of the molecule is CCCNc1c(OC)cc(Sc2ccccc2)c(Br)c1N. The summed E-state index contributed by atoms with van der Waals surface area (Å²) in [5.74, 6) is 0.766. The van der Waals surface area contributed by atoms with Gasteiger partial charge in [0.25, 0.3) is 0 Å². The first-order chi connectivity index (χ1) is 10.2. The molecule has 0 spiro atoms. The average molecular weight is 367 g/mol. The van der Waals surface area contributed by atoms with E-state index < -0.39 is 0 Å². The predicted octanol–water partition coefficient (Wildman–Crippen LogP) is 5.01. The van der Waals surface area contributed by atoms with Crippen LogP contribution >= 0.6 is 27.7 Å². The molecule has 2 aromatic carbocycles. The molecule has 0 saturated heterocycles. The van der Waals surface area contributed by atoms with E-state index in [0.29, 0.717) is 5.69 Å². The van der Waals surface area contributed by atoms with Gasteiger partial charge < -0.3 is 15.8 Å². The second-order valence-corrected chi connectivity index (χ2v) is 6.43. The molecule has 0 aromatic heterocycles. The number of methoxy groups -OCH3 is 1. The van der Waals surface area contributed by atoms with Crippen molar-refractivity contribution in [3.05, 3.63) is 40.9 Å². The molecule has 0 bridgehead atoms. The summed E-state index contributed by atoms with van der Waals surface area (Å²) in [5, 5.41) is 3.32. The van der Waals surface area contributed by atoms with Gasteiger partial charge in [0.2, 0.25) is 0 Å². The monoisotopic (exact) mass is 366 g/mol. The van der Waals surface area contributed by atoms with Crippen LogP contribution in [0.15, 0.2) is 50.7 Å². The maximum absolute atomic E-state index is 6.25. The number of nitrogens with one attached hydrogen (secondary N) is 1. The van der Waals surface area contributed by atoms with Crippen molar-refractivity contribution in [1.82, 2.24) is 0 Å². The van der Waals surface area contributed by atoms with Crippen LogP contribution in [0.3, 0.4) is 0 Å². The number of benzene rings is 2. The number of hydrogen-bond acceptors (Lipinski definition) is 4. The lowest BCUT2D eigenvalue weighted by Gasteiger charge is -2.17. The summed E-state index contributed by atoms with van der Waals surface area (Å²) in [4.78, 5) is 2.20. The summed E-state index contributed by atoms with van der Waals surface area (Å²) < 4.78 is 6.38. The Hall–Kier alpha value is -1.33. The van der Waals surface area contributed by atoms with Gasteiger partial charge in [0.15, 0.2) is 0 Å². The second kappa shape index (κ2) is 7.61. The number of nitrogens with two attached hydrogens (primary N) is 1. The minimum atomic E-state index is 0.682. The first kappa shape index (κ1) is 16.0. The van der Waals surface area contributed by atoms with E-state index in [1.54, 1.807) is 18.9 Å². The maximum Gasteiger partial charge on any atom is 0.145 e. The third-order valence-corrected chi connectivity index (χ3v) is 5.14. The summed E-state index contributed by atoms with van der Waals surface area (Å²) in [6.07, 6.45) is 1.03. The van der Waals surface area contributed by atoms with Crippen molar-refractivity contribution in [2.45, 2.75) is 23.1 Å². The summed E-state index contributed by atoms with van der Waals surface area (Å²) in [5.41, 5.74) is 7.78. The van der Waals surface area contributed by atoms with Gasteiger partial charge in [-0.2, -0.15) is 0 Å². The van der Waals surface area contributed by atoms with Crippen molar-refractivity contribution in [3.63, 3.8) is 0 Å². The summed E-state index contributed by atoms with van der Waals surface area (Å²) in [6.45, 7) is 2.97. The van der Waals surface area contributed by atoms with Crippen LogP contribution in [0.25, 0.3) is 0 Å². The average Bonchev–Trinajstić information content (AvgIpc) is 2.52. The zero-order valence-electron chi connectivity index (χ0n) is 12.2. The molecule has 0 amide bonds. The quantitative estimate of drug-likeness (QED) is 0.705. The molecule has 0 aliphatic rings. The molecule has 0 atom stereocenters. The van der Waals surface area contributed by atoms with E-state index in [9.17, 15) is 0 Å². The Balaban J connectivity index is 2.37. The van der Waals surface area contributed by atoms with E-state index in [1.807, 2.05) is 24.3 Å². The molecule has 3 N–H and O–H groups in total. The Morgan fingerprint density at radius 3 is 2.62 bits per heavy atom. The highest BCUT2D eigenvalue weighted by atomic mass is 79.9. The van der Waals surface area contributed by atoms with Crippen molar-refractivity contribution in [2.75, 3.05) is 24.7 Å². The molecule has 0 fully saturated rings. The normalized spacial score (nSPS) is 10.4. The first-order valence-corrected chi connectivity index (χ1v) is 8.41. The van der Waals surface area contributed by atoms with Gasteiger partial charge in [-0.25, -0.2) is 0 Å². The molecule has 2 aromatic rings. The van der Waals surface area contributed by atoms with Crippen molar-refractivity contribution in [3.8, 4) is 5.75 Å². The standard InChI is InChI=1S/C16H19BrN2OS/c1-3-9-19-16-12(20-2)10-13(14(17)15(16)18)21-11-7-5-4-6-8-11/h4-8,10,19H,3,9,18H2,1-2H3. The Kier molecular flexibility index (Phi) is 5.82. The van der Waals surface area contributed by atoms with Gasteiger partial charge in [0, 0.05) is 16.3 Å². The zero-order valence-corrected chi connectivity index (χ0v) is 14.6. The van der Waals surface area contributed by atoms with E-state index in [1.165, 1.54) is 0 Å². The molecular weight excluding hydrogens is 348 g/mol. The lowest BCUT2D eigenvalue weighted by Crippen LogP contribution is -2.06. The number of ether oxygens (including phenoxy) is 1. The Morgan fingerprint density at radius 1 is 1.29 bits per heavy atom. The van der Waals surface area contributed by atoms with Gasteiger partial charge in [-0.3, -0.25) is 0 Å². The van der Waals surface area contributed by atoms with Crippen LogP contribution in [0.2, 0.25) is 0 Å². The molecule has 112 valence electrons. The van der Waals surface area contributed by atoms with Crippen molar-refractivity contribution in [2.24, 2.45) is 0 Å². The maximum atomic E-state index is 6.25. The van der Waals surface area contributed by atoms with E-state index in [2.05, 4.69) is 40.3 Å². The fourth-order valence-corrected chi connectivity index (χ4v) is 3.38. The zero-order chi connectivity index (χ0) is 15.2. The highest BCUT2D eigenvalue weighted by Crippen LogP contribution is 2.44. The van der Waals surface area contributed by atoms with Crippen molar-refractivity contribution in [1.29, 1.82) is 0 Å². The van der Waals surface area contributed by atoms with Crippen LogP contribution in [0.4, 0.5) is 11.4 Å². The fraction of sp³-hybridized carbons (Fsp3) is 0.250. The molecule has 0 radical (unpaired) electrons. The van der Waals surface area contributed by atoms with E-state index in [0.717, 1.165) is 38.7 Å². The smallest absolute Gasteiger partial charge is 0.145 e. The third-order valence-electron chi connectivity index (χ3n) is 2.97. The Morgan fingerprint density at radius 2 is 2.00 bits per heavy atom. The lowest BCUT2D eigenvalue weighted by molar-refractivity contribution is 0.415. The molecule has 0 saturated carbocycles. The molecule has 3 nitrogen and oxygen atoms in total. The van der Waals surface area contributed by atoms with Gasteiger partial charge in [-0.05, 0) is 40.5 Å². The molecule has 0 heterocycles. The van der Waals surface area contributed by atoms with Crippen LogP contribution in [-0.4, -0.2) is 13.7 Å². The molecule has 0 aliphatic carbocycles. The molecule has 2 rings (SSSR count). The Bertz CT molecular complexity index is 605. The van der Waals surface area contributed by atoms with Crippen LogP contribution < -0.4 is 15.8 Å². The van der Waals surface area contributed by atoms with Gasteiger partial charge >= 0.3 is 0 Å². The fourth-order valence-electron chi connectivity index (χ4n) is 1.91. The number of rotatable bonds is 6. The summed E-state index contributed by atoms with van der Waals surface area (Å²) >= 11 is 5.26. The molecule has 21 heavy (non-hydrogen) atoms. The van der Waals surface area contributed by atoms with Gasteiger partial charge in [-0.15, -0.1) is 0 Å². The highest BCUT2D eigenvalue weighted by molar-refractivity contribution is 9.10. The van der Waals surface area contributed by atoms with Gasteiger partial charge in [-0.1, -0.05) is 36.9 Å². The van der Waals surface area contributed by atoms with Gasteiger partial charge in [0.1, 0.15) is 11.4 Å². The minimum Gasteiger partial charge on any atom is -0.494 e. The Labute approximate surface area is 138 Å². The lowest BCUT2D eigenvalue weighted by atomic mass is 10.2. The molecule has 0 unspecified atom stereocenters. The molecule has 0 aliphatic heterocycles. The first-order valence-electron chi connectivity index (χ1n) is 6.80. The number of halogens is 1.